The van der Waals surface area contributed by atoms with Gasteiger partial charge in [-0.2, -0.15) is 0 Å². The number of phenols is 1. The molecule has 3 rings (SSSR count). The molecular formula is C20H18Cl2O5. The standard InChI is InChI=1S/C20H18Cl2O5/c1-6-8(2)12-15(22)16(23)10(4)17-19(12)26-18-13(20(24)27-17)9(3)7-11(25-5)14(18)21/h6-7,23H,1-5H3. The molecular weight excluding hydrogens is 391 g/mol. The zero-order valence-corrected chi connectivity index (χ0v) is 17.0. The van der Waals surface area contributed by atoms with Gasteiger partial charge in [0, 0.05) is 11.1 Å². The summed E-state index contributed by atoms with van der Waals surface area (Å²) in [5.74, 6) is 0.00371. The number of ether oxygens (including phenoxy) is 3. The minimum absolute atomic E-state index is 0.101. The number of carbonyl (C=O) groups is 1. The highest BCUT2D eigenvalue weighted by atomic mass is 35.5. The summed E-state index contributed by atoms with van der Waals surface area (Å²) < 4.78 is 17.0. The van der Waals surface area contributed by atoms with E-state index in [1.807, 2.05) is 19.9 Å². The summed E-state index contributed by atoms with van der Waals surface area (Å²) in [7, 11) is 1.48. The molecule has 0 atom stereocenters. The van der Waals surface area contributed by atoms with E-state index in [-0.39, 0.29) is 38.6 Å². The van der Waals surface area contributed by atoms with Crippen molar-refractivity contribution < 1.29 is 24.1 Å². The molecule has 0 radical (unpaired) electrons. The van der Waals surface area contributed by atoms with E-state index in [9.17, 15) is 9.90 Å². The van der Waals surface area contributed by atoms with Crippen LogP contribution in [-0.2, 0) is 0 Å². The van der Waals surface area contributed by atoms with E-state index >= 15 is 0 Å². The number of allylic oxidation sites excluding steroid dienone is 2. The number of hydrogen-bond donors (Lipinski definition) is 1. The van der Waals surface area contributed by atoms with Crippen molar-refractivity contribution in [1.82, 2.24) is 0 Å². The van der Waals surface area contributed by atoms with Crippen LogP contribution in [0.4, 0.5) is 0 Å². The van der Waals surface area contributed by atoms with Crippen molar-refractivity contribution in [3.8, 4) is 28.7 Å². The summed E-state index contributed by atoms with van der Waals surface area (Å²) in [5, 5.41) is 10.7. The maximum Gasteiger partial charge on any atom is 0.347 e. The highest BCUT2D eigenvalue weighted by Gasteiger charge is 2.34. The Morgan fingerprint density at radius 2 is 1.81 bits per heavy atom. The van der Waals surface area contributed by atoms with Crippen LogP contribution < -0.4 is 14.2 Å². The second-order valence-corrected chi connectivity index (χ2v) is 6.95. The third kappa shape index (κ3) is 2.91. The van der Waals surface area contributed by atoms with Crippen LogP contribution >= 0.6 is 23.2 Å². The third-order valence-electron chi connectivity index (χ3n) is 4.59. The van der Waals surface area contributed by atoms with Crippen molar-refractivity contribution in [2.45, 2.75) is 27.7 Å². The first kappa shape index (κ1) is 19.4. The van der Waals surface area contributed by atoms with Crippen LogP contribution in [0.25, 0.3) is 5.57 Å². The molecule has 1 N–H and O–H groups in total. The van der Waals surface area contributed by atoms with Crippen molar-refractivity contribution in [2.75, 3.05) is 7.11 Å². The summed E-state index contributed by atoms with van der Waals surface area (Å²) in [4.78, 5) is 12.8. The Labute approximate surface area is 167 Å². The van der Waals surface area contributed by atoms with Crippen molar-refractivity contribution in [2.24, 2.45) is 0 Å². The van der Waals surface area contributed by atoms with Crippen LogP contribution in [0.3, 0.4) is 0 Å². The molecule has 1 aliphatic rings. The molecule has 0 saturated carbocycles. The van der Waals surface area contributed by atoms with Gasteiger partial charge in [-0.05, 0) is 44.9 Å². The molecule has 0 saturated heterocycles. The van der Waals surface area contributed by atoms with Gasteiger partial charge in [-0.3, -0.25) is 0 Å². The van der Waals surface area contributed by atoms with Gasteiger partial charge in [0.05, 0.1) is 12.1 Å². The number of fused-ring (bicyclic) bond motifs is 2. The number of halogens is 2. The first-order chi connectivity index (χ1) is 12.7. The highest BCUT2D eigenvalue weighted by Crippen LogP contribution is 2.54. The maximum atomic E-state index is 12.8. The minimum atomic E-state index is -0.639. The number of carbonyl (C=O) groups excluding carboxylic acids is 1. The predicted octanol–water partition coefficient (Wildman–Crippen LogP) is 6.07. The summed E-state index contributed by atoms with van der Waals surface area (Å²) >= 11 is 12.8. The van der Waals surface area contributed by atoms with Crippen molar-refractivity contribution in [3.05, 3.63) is 44.4 Å². The van der Waals surface area contributed by atoms with Gasteiger partial charge < -0.3 is 19.3 Å². The normalized spacial score (nSPS) is 13.3. The predicted molar refractivity (Wildman–Crippen MR) is 105 cm³/mol. The van der Waals surface area contributed by atoms with Crippen LogP contribution in [0, 0.1) is 13.8 Å². The Morgan fingerprint density at radius 3 is 2.41 bits per heavy atom. The van der Waals surface area contributed by atoms with Crippen molar-refractivity contribution in [1.29, 1.82) is 0 Å². The van der Waals surface area contributed by atoms with E-state index in [2.05, 4.69) is 0 Å². The number of aromatic hydroxyl groups is 1. The van der Waals surface area contributed by atoms with E-state index in [0.29, 0.717) is 22.4 Å². The molecule has 2 aromatic carbocycles. The van der Waals surface area contributed by atoms with Crippen LogP contribution in [0.1, 0.15) is 40.9 Å². The van der Waals surface area contributed by atoms with Gasteiger partial charge in [0.25, 0.3) is 0 Å². The summed E-state index contributed by atoms with van der Waals surface area (Å²) in [6.07, 6.45) is 1.81. The van der Waals surface area contributed by atoms with Gasteiger partial charge in [0.2, 0.25) is 0 Å². The maximum absolute atomic E-state index is 12.8. The van der Waals surface area contributed by atoms with Gasteiger partial charge in [-0.25, -0.2) is 4.79 Å². The van der Waals surface area contributed by atoms with Gasteiger partial charge in [-0.1, -0.05) is 29.3 Å². The fourth-order valence-corrected chi connectivity index (χ4v) is 3.61. The monoisotopic (exact) mass is 408 g/mol. The van der Waals surface area contributed by atoms with Crippen molar-refractivity contribution in [3.63, 3.8) is 0 Å². The Kier molecular flexibility index (Phi) is 5.02. The van der Waals surface area contributed by atoms with Crippen LogP contribution in [0.5, 0.6) is 28.7 Å². The highest BCUT2D eigenvalue weighted by molar-refractivity contribution is 6.35. The average molecular weight is 409 g/mol. The van der Waals surface area contributed by atoms with Crippen LogP contribution in [-0.4, -0.2) is 18.2 Å². The number of methoxy groups -OCH3 is 1. The molecule has 1 heterocycles. The number of esters is 1. The molecule has 0 bridgehead atoms. The quantitative estimate of drug-likeness (QED) is 0.482. The molecule has 0 aliphatic carbocycles. The molecule has 142 valence electrons. The molecule has 0 spiro atoms. The minimum Gasteiger partial charge on any atom is -0.506 e. The topological polar surface area (TPSA) is 65.0 Å². The number of rotatable bonds is 2. The Balaban J connectivity index is 2.42. The largest absolute Gasteiger partial charge is 0.506 e. The van der Waals surface area contributed by atoms with E-state index in [1.54, 1.807) is 19.9 Å². The number of phenolic OH excluding ortho intramolecular Hbond substituents is 1. The van der Waals surface area contributed by atoms with E-state index in [0.717, 1.165) is 5.57 Å². The number of aryl methyl sites for hydroxylation is 1. The van der Waals surface area contributed by atoms with E-state index < -0.39 is 5.97 Å². The van der Waals surface area contributed by atoms with Crippen LogP contribution in [0.2, 0.25) is 10.0 Å². The second kappa shape index (κ2) is 6.98. The zero-order valence-electron chi connectivity index (χ0n) is 15.5. The van der Waals surface area contributed by atoms with Gasteiger partial charge in [0.15, 0.2) is 17.2 Å². The molecule has 0 aromatic heterocycles. The Bertz CT molecular complexity index is 1010. The van der Waals surface area contributed by atoms with Crippen molar-refractivity contribution >= 4 is 34.7 Å². The first-order valence-electron chi connectivity index (χ1n) is 8.18. The molecule has 1 aliphatic heterocycles. The third-order valence-corrected chi connectivity index (χ3v) is 5.32. The molecule has 5 nitrogen and oxygen atoms in total. The lowest BCUT2D eigenvalue weighted by molar-refractivity contribution is 0.0735. The lowest BCUT2D eigenvalue weighted by Gasteiger charge is -2.18. The SMILES string of the molecule is CC=C(C)c1c(Cl)c(O)c(C)c2c1Oc1c(Cl)c(OC)cc(C)c1C(=O)O2. The molecule has 2 aromatic rings. The first-order valence-corrected chi connectivity index (χ1v) is 8.93. The van der Waals surface area contributed by atoms with Crippen LogP contribution in [0.15, 0.2) is 12.1 Å². The Morgan fingerprint density at radius 1 is 1.15 bits per heavy atom. The summed E-state index contributed by atoms with van der Waals surface area (Å²) in [6.45, 7) is 6.96. The molecule has 0 amide bonds. The fraction of sp³-hybridized carbons (Fsp3) is 0.250. The number of hydrogen-bond acceptors (Lipinski definition) is 5. The lowest BCUT2D eigenvalue weighted by Crippen LogP contribution is -2.10. The van der Waals surface area contributed by atoms with E-state index in [1.165, 1.54) is 7.11 Å². The zero-order chi connectivity index (χ0) is 20.0. The number of benzene rings is 2. The summed E-state index contributed by atoms with van der Waals surface area (Å²) in [6, 6.07) is 1.64. The molecule has 27 heavy (non-hydrogen) atoms. The molecule has 0 unspecified atom stereocenters. The Hall–Kier alpha value is -2.37. The van der Waals surface area contributed by atoms with Gasteiger partial charge in [-0.15, -0.1) is 0 Å². The summed E-state index contributed by atoms with van der Waals surface area (Å²) in [5.41, 5.74) is 2.23. The fourth-order valence-electron chi connectivity index (χ4n) is 2.97. The molecule has 0 fully saturated rings. The smallest absolute Gasteiger partial charge is 0.347 e. The van der Waals surface area contributed by atoms with E-state index in [4.69, 9.17) is 37.4 Å². The average Bonchev–Trinajstić information content (AvgIpc) is 2.80. The second-order valence-electron chi connectivity index (χ2n) is 6.20. The molecule has 7 heteroatoms. The van der Waals surface area contributed by atoms with Gasteiger partial charge in [0.1, 0.15) is 22.1 Å². The lowest BCUT2D eigenvalue weighted by atomic mass is 10.0. The van der Waals surface area contributed by atoms with Gasteiger partial charge >= 0.3 is 5.97 Å².